The van der Waals surface area contributed by atoms with E-state index in [0.717, 1.165) is 6.42 Å². The average molecular weight is 699 g/mol. The van der Waals surface area contributed by atoms with Crippen LogP contribution in [0.3, 0.4) is 0 Å². The zero-order valence-corrected chi connectivity index (χ0v) is 31.6. The maximum Gasteiger partial charge on any atom is -0.0635 e. The van der Waals surface area contributed by atoms with Gasteiger partial charge in [-0.15, -0.1) is 11.6 Å². The largest absolute Gasteiger partial charge is 1.00 e. The predicted octanol–water partition coefficient (Wildman–Crippen LogP) is 4.46. The normalized spacial score (nSPS) is 15.2. The van der Waals surface area contributed by atoms with Gasteiger partial charge in [0.15, 0.2) is 0 Å². The Bertz CT molecular complexity index is 1630. The van der Waals surface area contributed by atoms with Crippen molar-refractivity contribution < 1.29 is 49.0 Å². The molecular weight excluding hydrogens is 655 g/mol. The molecule has 0 bridgehead atoms. The van der Waals surface area contributed by atoms with Crippen LogP contribution in [-0.2, 0) is 46.9 Å². The van der Waals surface area contributed by atoms with Gasteiger partial charge in [0.2, 0.25) is 0 Å². The summed E-state index contributed by atoms with van der Waals surface area (Å²) in [6, 6.07) is 26.8. The van der Waals surface area contributed by atoms with Crippen LogP contribution in [0, 0.1) is 13.0 Å². The molecule has 44 heavy (non-hydrogen) atoms. The number of halogens is 2. The fraction of sp³-hybridized carbons (Fsp3) is 0.317. The van der Waals surface area contributed by atoms with Gasteiger partial charge >= 0.3 is 70.3 Å². The van der Waals surface area contributed by atoms with Gasteiger partial charge in [0, 0.05) is 5.41 Å². The number of allylic oxidation sites excluding steroid dienone is 2. The third-order valence-corrected chi connectivity index (χ3v) is 9.55. The van der Waals surface area contributed by atoms with Crippen LogP contribution < -0.4 is 24.8 Å². The Kier molecular flexibility index (Phi) is 11.3. The Morgan fingerprint density at radius 3 is 1.93 bits per heavy atom. The number of benzene rings is 3. The van der Waals surface area contributed by atoms with Crippen molar-refractivity contribution >= 4 is 15.4 Å². The van der Waals surface area contributed by atoms with Crippen molar-refractivity contribution in [2.24, 2.45) is 0 Å². The SMILES string of the molecule is CC1(C)[C-]=Cc2cc3c(cc21)Cc1cc2c(cc1-3)C=CC2(C)C.C[C](=[Zr+2])c1ccccc1.Cc1cc(C(C)(C)C)c[cH-]1.[Cl-].[Cl-]. The van der Waals surface area contributed by atoms with Crippen LogP contribution in [0.1, 0.15) is 105 Å². The van der Waals surface area contributed by atoms with E-state index in [2.05, 4.69) is 153 Å². The summed E-state index contributed by atoms with van der Waals surface area (Å²) in [4.78, 5) is 0. The molecule has 0 atom stereocenters. The molecule has 7 rings (SSSR count). The van der Waals surface area contributed by atoms with Gasteiger partial charge in [-0.25, -0.2) is 12.1 Å². The first-order chi connectivity index (χ1) is 19.7. The van der Waals surface area contributed by atoms with Crippen molar-refractivity contribution in [1.29, 1.82) is 0 Å². The Morgan fingerprint density at radius 2 is 1.43 bits per heavy atom. The summed E-state index contributed by atoms with van der Waals surface area (Å²) < 4.78 is 1.46. The van der Waals surface area contributed by atoms with Crippen molar-refractivity contribution in [2.45, 2.75) is 85.0 Å². The summed E-state index contributed by atoms with van der Waals surface area (Å²) in [7, 11) is 0. The van der Waals surface area contributed by atoms with E-state index in [4.69, 9.17) is 0 Å². The molecule has 4 aromatic carbocycles. The first kappa shape index (κ1) is 36.3. The molecule has 4 aromatic rings. The summed E-state index contributed by atoms with van der Waals surface area (Å²) in [5.41, 5.74) is 16.2. The molecule has 0 N–H and O–H groups in total. The van der Waals surface area contributed by atoms with Gasteiger partial charge in [0.25, 0.3) is 0 Å². The van der Waals surface area contributed by atoms with Crippen LogP contribution in [0.2, 0.25) is 0 Å². The number of aryl methyl sites for hydroxylation is 1. The molecule has 0 saturated carbocycles. The molecule has 0 aromatic heterocycles. The Balaban J connectivity index is 0.000000211. The van der Waals surface area contributed by atoms with Gasteiger partial charge in [0.1, 0.15) is 0 Å². The minimum absolute atomic E-state index is 0. The molecule has 0 aliphatic heterocycles. The molecule has 0 radical (unpaired) electrons. The van der Waals surface area contributed by atoms with Gasteiger partial charge in [-0.2, -0.15) is 28.8 Å². The van der Waals surface area contributed by atoms with Crippen LogP contribution in [0.5, 0.6) is 0 Å². The fourth-order valence-electron chi connectivity index (χ4n) is 6.12. The standard InChI is InChI=1S/C23H21.C10H15.C8H8.2ClH.Zr/c1-22(2)7-5-14-10-18-16(12-20(14)22)9-17-13-21-15(11-19(17)18)6-8-23(21,3)4;1-8-5-6-9(7-8)10(2,3)4;1-2-8-6-4-3-5-7-8;;;/h5-7,10-13H,9H2,1-4H3;5-7H,1-4H3;3-7H,1H3;2*1H;/q2*-1;;;;+2/p-2. The Morgan fingerprint density at radius 1 is 0.841 bits per heavy atom. The van der Waals surface area contributed by atoms with Crippen molar-refractivity contribution in [2.75, 3.05) is 0 Å². The quantitative estimate of drug-likeness (QED) is 0.227. The van der Waals surface area contributed by atoms with E-state index >= 15 is 0 Å². The van der Waals surface area contributed by atoms with Gasteiger partial charge in [-0.05, 0) is 45.9 Å². The minimum Gasteiger partial charge on any atom is -1.00 e. The predicted molar refractivity (Wildman–Crippen MR) is 179 cm³/mol. The average Bonchev–Trinajstić information content (AvgIpc) is 3.67. The maximum absolute atomic E-state index is 3.50. The van der Waals surface area contributed by atoms with Gasteiger partial charge in [-0.3, -0.25) is 6.08 Å². The van der Waals surface area contributed by atoms with E-state index in [1.807, 2.05) is 6.07 Å². The second-order valence-electron chi connectivity index (χ2n) is 14.3. The summed E-state index contributed by atoms with van der Waals surface area (Å²) >= 11 is 1.51. The van der Waals surface area contributed by atoms with E-state index in [1.54, 1.807) is 0 Å². The Labute approximate surface area is 293 Å². The molecule has 3 aliphatic carbocycles. The molecule has 0 fully saturated rings. The molecule has 228 valence electrons. The molecule has 0 unspecified atom stereocenters. The summed E-state index contributed by atoms with van der Waals surface area (Å²) in [5, 5.41) is 0. The van der Waals surface area contributed by atoms with E-state index in [9.17, 15) is 0 Å². The van der Waals surface area contributed by atoms with Crippen molar-refractivity contribution in [3.63, 3.8) is 0 Å². The molecule has 3 heteroatoms. The zero-order chi connectivity index (χ0) is 30.4. The minimum atomic E-state index is 0. The molecule has 0 saturated heterocycles. The molecule has 0 spiro atoms. The second kappa shape index (κ2) is 13.7. The summed E-state index contributed by atoms with van der Waals surface area (Å²) in [5.74, 6) is 0. The molecule has 0 amide bonds. The fourth-order valence-corrected chi connectivity index (χ4v) is 6.53. The summed E-state index contributed by atoms with van der Waals surface area (Å²) in [6.45, 7) is 20.1. The van der Waals surface area contributed by atoms with Crippen molar-refractivity contribution in [3.8, 4) is 11.1 Å². The second-order valence-corrected chi connectivity index (χ2v) is 16.1. The molecular formula is C41H44Cl2Zr-2. The van der Waals surface area contributed by atoms with Gasteiger partial charge in [0.05, 0.1) is 0 Å². The zero-order valence-electron chi connectivity index (χ0n) is 27.6. The number of hydrogen-bond donors (Lipinski definition) is 0. The van der Waals surface area contributed by atoms with E-state index < -0.39 is 0 Å². The maximum atomic E-state index is 3.50. The van der Waals surface area contributed by atoms with Crippen LogP contribution in [0.15, 0.2) is 78.9 Å². The number of fused-ring (bicyclic) bond motifs is 5. The van der Waals surface area contributed by atoms with Gasteiger partial charge in [-0.1, -0.05) is 90.5 Å². The topological polar surface area (TPSA) is 0 Å². The van der Waals surface area contributed by atoms with Crippen molar-refractivity contribution in [1.82, 2.24) is 0 Å². The van der Waals surface area contributed by atoms with E-state index in [1.165, 1.54) is 88.6 Å². The van der Waals surface area contributed by atoms with Crippen LogP contribution in [0.4, 0.5) is 0 Å². The first-order valence-electron chi connectivity index (χ1n) is 15.2. The third-order valence-electron chi connectivity index (χ3n) is 8.84. The smallest absolute Gasteiger partial charge is 0.0635 e. The third kappa shape index (κ3) is 7.61. The Hall–Kier alpha value is -2.18. The molecule has 0 heterocycles. The van der Waals surface area contributed by atoms with Crippen molar-refractivity contribution in [3.05, 3.63) is 135 Å². The van der Waals surface area contributed by atoms with E-state index in [0.29, 0.717) is 5.41 Å². The monoisotopic (exact) mass is 696 g/mol. The summed E-state index contributed by atoms with van der Waals surface area (Å²) in [6.07, 6.45) is 11.4. The van der Waals surface area contributed by atoms with Crippen LogP contribution in [0.25, 0.3) is 23.3 Å². The van der Waals surface area contributed by atoms with Gasteiger partial charge < -0.3 is 24.8 Å². The number of hydrogen-bond acceptors (Lipinski definition) is 0. The van der Waals surface area contributed by atoms with E-state index in [-0.39, 0.29) is 35.6 Å². The van der Waals surface area contributed by atoms with Crippen LogP contribution >= 0.6 is 0 Å². The first-order valence-corrected chi connectivity index (χ1v) is 16.4. The molecule has 3 aliphatic rings. The molecule has 0 nitrogen and oxygen atoms in total. The number of rotatable bonds is 1. The van der Waals surface area contributed by atoms with Crippen LogP contribution in [-0.4, -0.2) is 3.21 Å².